The van der Waals surface area contributed by atoms with Crippen molar-refractivity contribution in [3.05, 3.63) is 24.5 Å². The van der Waals surface area contributed by atoms with Crippen molar-refractivity contribution in [1.82, 2.24) is 25.2 Å². The largest absolute Gasteiger partial charge is 0.391 e. The van der Waals surface area contributed by atoms with E-state index in [1.54, 1.807) is 17.1 Å². The van der Waals surface area contributed by atoms with Gasteiger partial charge in [0.2, 0.25) is 0 Å². The Balaban J connectivity index is 1.96. The number of rotatable bonds is 2. The van der Waals surface area contributed by atoms with Gasteiger partial charge >= 0.3 is 0 Å². The summed E-state index contributed by atoms with van der Waals surface area (Å²) < 4.78 is 1.75. The van der Waals surface area contributed by atoms with Crippen LogP contribution in [0.1, 0.15) is 31.7 Å². The zero-order chi connectivity index (χ0) is 12.4. The maximum absolute atomic E-state index is 10.1. The van der Waals surface area contributed by atoms with Crippen LogP contribution in [0.5, 0.6) is 0 Å². The predicted octanol–water partition coefficient (Wildman–Crippen LogP) is 1.21. The molecule has 1 N–H and O–H groups in total. The van der Waals surface area contributed by atoms with E-state index in [0.29, 0.717) is 5.82 Å². The molecular formula is C12H15N5O. The van der Waals surface area contributed by atoms with Crippen molar-refractivity contribution in [1.29, 1.82) is 0 Å². The number of aliphatic hydroxyl groups excluding tert-OH is 1. The number of pyridine rings is 1. The summed E-state index contributed by atoms with van der Waals surface area (Å²) in [6.45, 7) is 0. The Bertz CT molecular complexity index is 512. The second kappa shape index (κ2) is 4.81. The van der Waals surface area contributed by atoms with Gasteiger partial charge in [0.25, 0.3) is 0 Å². The molecule has 2 atom stereocenters. The third-order valence-electron chi connectivity index (χ3n) is 3.44. The molecule has 0 radical (unpaired) electrons. The monoisotopic (exact) mass is 245 g/mol. The first-order chi connectivity index (χ1) is 8.86. The summed E-state index contributed by atoms with van der Waals surface area (Å²) >= 11 is 0. The minimum atomic E-state index is -0.358. The van der Waals surface area contributed by atoms with E-state index in [2.05, 4.69) is 20.5 Å². The number of hydrogen-bond donors (Lipinski definition) is 1. The van der Waals surface area contributed by atoms with Crippen LogP contribution in [0, 0.1) is 0 Å². The Hall–Kier alpha value is -1.82. The van der Waals surface area contributed by atoms with Gasteiger partial charge < -0.3 is 5.11 Å². The summed E-state index contributed by atoms with van der Waals surface area (Å²) in [4.78, 5) is 3.99. The molecule has 0 bridgehead atoms. The normalized spacial score (nSPS) is 24.1. The van der Waals surface area contributed by atoms with E-state index in [0.717, 1.165) is 31.2 Å². The third kappa shape index (κ3) is 1.99. The molecular weight excluding hydrogens is 230 g/mol. The number of aromatic nitrogens is 5. The molecule has 0 amide bonds. The predicted molar refractivity (Wildman–Crippen MR) is 64.6 cm³/mol. The molecule has 0 saturated heterocycles. The molecule has 1 saturated carbocycles. The first kappa shape index (κ1) is 11.3. The summed E-state index contributed by atoms with van der Waals surface area (Å²) in [5, 5.41) is 21.9. The van der Waals surface area contributed by atoms with E-state index >= 15 is 0 Å². The minimum absolute atomic E-state index is 0.0167. The molecule has 1 aliphatic rings. The van der Waals surface area contributed by atoms with Crippen molar-refractivity contribution in [2.24, 2.45) is 0 Å². The third-order valence-corrected chi connectivity index (χ3v) is 3.44. The lowest BCUT2D eigenvalue weighted by Gasteiger charge is -2.27. The standard InChI is InChI=1S/C12H15N5O/c18-11-4-2-1-3-10(11)17-12(14-15-16-17)9-5-7-13-8-6-9/h5-8,10-11,18H,1-4H2/t10-,11-/m1/s1. The van der Waals surface area contributed by atoms with Crippen molar-refractivity contribution < 1.29 is 5.11 Å². The van der Waals surface area contributed by atoms with Crippen LogP contribution in [0.2, 0.25) is 0 Å². The molecule has 0 unspecified atom stereocenters. The maximum atomic E-state index is 10.1. The Kier molecular flexibility index (Phi) is 3.02. The van der Waals surface area contributed by atoms with Gasteiger partial charge in [-0.3, -0.25) is 4.98 Å². The van der Waals surface area contributed by atoms with Crippen molar-refractivity contribution in [3.8, 4) is 11.4 Å². The molecule has 0 aromatic carbocycles. The summed E-state index contributed by atoms with van der Waals surface area (Å²) in [6, 6.07) is 3.73. The van der Waals surface area contributed by atoms with E-state index in [-0.39, 0.29) is 12.1 Å². The van der Waals surface area contributed by atoms with Crippen LogP contribution < -0.4 is 0 Å². The zero-order valence-electron chi connectivity index (χ0n) is 9.98. The SMILES string of the molecule is O[C@@H]1CCCC[C@H]1n1nnnc1-c1ccncc1. The van der Waals surface area contributed by atoms with Gasteiger partial charge in [0.05, 0.1) is 12.1 Å². The lowest BCUT2D eigenvalue weighted by molar-refractivity contribution is 0.0693. The molecule has 1 aliphatic carbocycles. The van der Waals surface area contributed by atoms with Crippen LogP contribution in [0.25, 0.3) is 11.4 Å². The molecule has 1 fully saturated rings. The topological polar surface area (TPSA) is 76.7 Å². The van der Waals surface area contributed by atoms with E-state index in [1.807, 2.05) is 12.1 Å². The molecule has 6 heteroatoms. The van der Waals surface area contributed by atoms with Crippen LogP contribution in [0.15, 0.2) is 24.5 Å². The molecule has 94 valence electrons. The van der Waals surface area contributed by atoms with Gasteiger partial charge in [-0.15, -0.1) is 5.10 Å². The molecule has 3 rings (SSSR count). The van der Waals surface area contributed by atoms with Crippen molar-refractivity contribution >= 4 is 0 Å². The highest BCUT2D eigenvalue weighted by Gasteiger charge is 2.28. The fraction of sp³-hybridized carbons (Fsp3) is 0.500. The molecule has 2 aromatic heterocycles. The number of aliphatic hydroxyl groups is 1. The molecule has 18 heavy (non-hydrogen) atoms. The maximum Gasteiger partial charge on any atom is 0.182 e. The first-order valence-electron chi connectivity index (χ1n) is 6.22. The van der Waals surface area contributed by atoms with E-state index in [4.69, 9.17) is 0 Å². The van der Waals surface area contributed by atoms with Crippen LogP contribution in [-0.4, -0.2) is 36.4 Å². The highest BCUT2D eigenvalue weighted by atomic mass is 16.3. The second-order valence-electron chi connectivity index (χ2n) is 4.60. The Morgan fingerprint density at radius 1 is 1.17 bits per heavy atom. The Morgan fingerprint density at radius 2 is 1.94 bits per heavy atom. The second-order valence-corrected chi connectivity index (χ2v) is 4.60. The van der Waals surface area contributed by atoms with Crippen LogP contribution >= 0.6 is 0 Å². The molecule has 0 aliphatic heterocycles. The lowest BCUT2D eigenvalue weighted by Crippen LogP contribution is -2.28. The average Bonchev–Trinajstić information content (AvgIpc) is 2.89. The fourth-order valence-corrected chi connectivity index (χ4v) is 2.49. The van der Waals surface area contributed by atoms with Crippen molar-refractivity contribution in [3.63, 3.8) is 0 Å². The number of tetrazole rings is 1. The van der Waals surface area contributed by atoms with Gasteiger partial charge in [-0.05, 0) is 35.4 Å². The molecule has 2 aromatic rings. The van der Waals surface area contributed by atoms with Gasteiger partial charge in [-0.1, -0.05) is 12.8 Å². The molecule has 6 nitrogen and oxygen atoms in total. The fourth-order valence-electron chi connectivity index (χ4n) is 2.49. The summed E-state index contributed by atoms with van der Waals surface area (Å²) in [6.07, 6.45) is 6.99. The van der Waals surface area contributed by atoms with Gasteiger partial charge in [0.15, 0.2) is 5.82 Å². The van der Waals surface area contributed by atoms with Gasteiger partial charge in [-0.2, -0.15) is 0 Å². The van der Waals surface area contributed by atoms with Crippen molar-refractivity contribution in [2.45, 2.75) is 37.8 Å². The molecule has 2 heterocycles. The van der Waals surface area contributed by atoms with Gasteiger partial charge in [0.1, 0.15) is 0 Å². The van der Waals surface area contributed by atoms with E-state index < -0.39 is 0 Å². The molecule has 0 spiro atoms. The summed E-state index contributed by atoms with van der Waals surface area (Å²) in [5.41, 5.74) is 0.924. The van der Waals surface area contributed by atoms with Crippen LogP contribution in [-0.2, 0) is 0 Å². The lowest BCUT2D eigenvalue weighted by atomic mass is 9.92. The zero-order valence-corrected chi connectivity index (χ0v) is 9.98. The number of hydrogen-bond acceptors (Lipinski definition) is 5. The van der Waals surface area contributed by atoms with Gasteiger partial charge in [-0.25, -0.2) is 4.68 Å². The van der Waals surface area contributed by atoms with Crippen LogP contribution in [0.4, 0.5) is 0 Å². The first-order valence-corrected chi connectivity index (χ1v) is 6.22. The quantitative estimate of drug-likeness (QED) is 0.860. The Morgan fingerprint density at radius 3 is 2.72 bits per heavy atom. The van der Waals surface area contributed by atoms with E-state index in [1.165, 1.54) is 0 Å². The highest BCUT2D eigenvalue weighted by Crippen LogP contribution is 2.30. The van der Waals surface area contributed by atoms with Crippen LogP contribution in [0.3, 0.4) is 0 Å². The van der Waals surface area contributed by atoms with Crippen molar-refractivity contribution in [2.75, 3.05) is 0 Å². The minimum Gasteiger partial charge on any atom is -0.391 e. The smallest absolute Gasteiger partial charge is 0.182 e. The average molecular weight is 245 g/mol. The van der Waals surface area contributed by atoms with E-state index in [9.17, 15) is 5.11 Å². The van der Waals surface area contributed by atoms with Gasteiger partial charge in [0, 0.05) is 18.0 Å². The summed E-state index contributed by atoms with van der Waals surface area (Å²) in [7, 11) is 0. The highest BCUT2D eigenvalue weighted by molar-refractivity contribution is 5.53. The number of nitrogens with zero attached hydrogens (tertiary/aromatic N) is 5. The summed E-state index contributed by atoms with van der Waals surface area (Å²) in [5.74, 6) is 0.698. The Labute approximate surface area is 105 Å².